The van der Waals surface area contributed by atoms with Crippen LogP contribution in [0.25, 0.3) is 0 Å². The Morgan fingerprint density at radius 3 is 1.53 bits per heavy atom. The molecule has 0 aromatic heterocycles. The van der Waals surface area contributed by atoms with Gasteiger partial charge in [-0.2, -0.15) is 0 Å². The molecule has 3 nitrogen and oxygen atoms in total. The predicted molar refractivity (Wildman–Crippen MR) is 156 cm³/mol. The molecule has 0 bridgehead atoms. The molecule has 0 aromatic carbocycles. The summed E-state index contributed by atoms with van der Waals surface area (Å²) in [5, 5.41) is 0. The molecule has 0 heterocycles. The Morgan fingerprint density at radius 2 is 1.09 bits per heavy atom. The molecule has 5 heteroatoms. The molecule has 0 saturated heterocycles. The summed E-state index contributed by atoms with van der Waals surface area (Å²) >= 11 is 0. The van der Waals surface area contributed by atoms with Crippen molar-refractivity contribution in [1.29, 1.82) is 0 Å². The maximum atomic E-state index is 11.3. The van der Waals surface area contributed by atoms with Gasteiger partial charge < -0.3 is 8.85 Å². The summed E-state index contributed by atoms with van der Waals surface area (Å²) < 4.78 is 12.1. The van der Waals surface area contributed by atoms with Gasteiger partial charge in [0.1, 0.15) is 0 Å². The Kier molecular flexibility index (Phi) is 21.6. The highest BCUT2D eigenvalue weighted by Crippen LogP contribution is 2.26. The summed E-state index contributed by atoms with van der Waals surface area (Å²) in [7, 11) is -3.03. The third-order valence-corrected chi connectivity index (χ3v) is 14.2. The fraction of sp³-hybridized carbons (Fsp3) is 0.897. The first-order valence-corrected chi connectivity index (χ1v) is 20.9. The van der Waals surface area contributed by atoms with Gasteiger partial charge in [-0.3, -0.25) is 4.79 Å². The van der Waals surface area contributed by atoms with Crippen LogP contribution in [0.5, 0.6) is 0 Å². The number of carbonyl (C=O) groups is 1. The van der Waals surface area contributed by atoms with Crippen molar-refractivity contribution < 1.29 is 13.6 Å². The molecule has 0 amide bonds. The highest BCUT2D eigenvalue weighted by Gasteiger charge is 2.32. The quantitative estimate of drug-likeness (QED) is 0.0528. The zero-order valence-electron chi connectivity index (χ0n) is 23.9. The monoisotopic (exact) mass is 512 g/mol. The van der Waals surface area contributed by atoms with Crippen LogP contribution in [0.15, 0.2) is 12.7 Å². The third kappa shape index (κ3) is 23.4. The van der Waals surface area contributed by atoms with Crippen molar-refractivity contribution in [3.8, 4) is 0 Å². The van der Waals surface area contributed by atoms with Gasteiger partial charge in [0.15, 0.2) is 16.6 Å². The summed E-state index contributed by atoms with van der Waals surface area (Å²) in [6.07, 6.45) is 24.4. The van der Waals surface area contributed by atoms with Gasteiger partial charge in [0.05, 0.1) is 6.61 Å². The van der Waals surface area contributed by atoms with Gasteiger partial charge in [0.25, 0.3) is 0 Å². The average molecular weight is 513 g/mol. The minimum absolute atomic E-state index is 0.0360. The van der Waals surface area contributed by atoms with Crippen LogP contribution in [0, 0.1) is 0 Å². The van der Waals surface area contributed by atoms with Crippen LogP contribution in [0.2, 0.25) is 38.3 Å². The Morgan fingerprint density at radius 1 is 0.676 bits per heavy atom. The molecule has 34 heavy (non-hydrogen) atoms. The zero-order chi connectivity index (χ0) is 25.5. The number of hydrogen-bond acceptors (Lipinski definition) is 3. The molecule has 0 spiro atoms. The van der Waals surface area contributed by atoms with Crippen LogP contribution < -0.4 is 0 Å². The summed E-state index contributed by atoms with van der Waals surface area (Å²) in [6.45, 7) is 16.2. The van der Waals surface area contributed by atoms with Crippen molar-refractivity contribution in [3.05, 3.63) is 12.7 Å². The lowest BCUT2D eigenvalue weighted by molar-refractivity contribution is -0.143. The third-order valence-electron chi connectivity index (χ3n) is 6.63. The Bertz CT molecular complexity index is 492. The Hall–Kier alpha value is -0.396. The van der Waals surface area contributed by atoms with E-state index in [2.05, 4.69) is 32.8 Å². The number of unbranched alkanes of at least 4 members (excludes halogenated alkanes) is 14. The SMILES string of the molecule is C=CCCCCCCCC[Si](C)(C)O[Si](C)(C)CCCCCCCCCCCOC(=O)CCC. The fourth-order valence-corrected chi connectivity index (χ4v) is 13.8. The van der Waals surface area contributed by atoms with E-state index in [4.69, 9.17) is 8.85 Å². The van der Waals surface area contributed by atoms with Crippen molar-refractivity contribution in [2.45, 2.75) is 161 Å². The van der Waals surface area contributed by atoms with Gasteiger partial charge in [0, 0.05) is 6.42 Å². The molecule has 0 rings (SSSR count). The van der Waals surface area contributed by atoms with E-state index in [1.54, 1.807) is 0 Å². The van der Waals surface area contributed by atoms with Crippen molar-refractivity contribution in [1.82, 2.24) is 0 Å². The van der Waals surface area contributed by atoms with Crippen LogP contribution in [0.1, 0.15) is 122 Å². The van der Waals surface area contributed by atoms with Gasteiger partial charge in [-0.25, -0.2) is 0 Å². The molecule has 0 fully saturated rings. The van der Waals surface area contributed by atoms with Gasteiger partial charge >= 0.3 is 5.97 Å². The number of carbonyl (C=O) groups excluding carboxylic acids is 1. The lowest BCUT2D eigenvalue weighted by Crippen LogP contribution is -2.44. The van der Waals surface area contributed by atoms with Crippen molar-refractivity contribution in [2.24, 2.45) is 0 Å². The Labute approximate surface area is 216 Å². The summed E-state index contributed by atoms with van der Waals surface area (Å²) in [5.74, 6) is -0.0360. The minimum atomic E-state index is -1.52. The first-order valence-electron chi connectivity index (χ1n) is 14.7. The lowest BCUT2D eigenvalue weighted by Gasteiger charge is -2.34. The van der Waals surface area contributed by atoms with Gasteiger partial charge in [-0.15, -0.1) is 6.58 Å². The molecule has 0 aliphatic rings. The van der Waals surface area contributed by atoms with Crippen molar-refractivity contribution >= 4 is 22.6 Å². The average Bonchev–Trinajstić information content (AvgIpc) is 2.75. The second kappa shape index (κ2) is 21.9. The molecule has 0 unspecified atom stereocenters. The van der Waals surface area contributed by atoms with E-state index in [1.165, 1.54) is 108 Å². The standard InChI is InChI=1S/C29H60O3Si2/c1-7-9-10-11-12-17-20-23-27-33(3,4)32-34(5,6)28-24-21-18-15-13-14-16-19-22-26-31-29(30)25-8-2/h7H,1,8-28H2,2-6H3. The number of allylic oxidation sites excluding steroid dienone is 1. The number of esters is 1. The number of rotatable bonds is 25. The topological polar surface area (TPSA) is 35.5 Å². The minimum Gasteiger partial charge on any atom is -0.466 e. The molecule has 0 aromatic rings. The van der Waals surface area contributed by atoms with Gasteiger partial charge in [0.2, 0.25) is 0 Å². The smallest absolute Gasteiger partial charge is 0.305 e. The first kappa shape index (κ1) is 33.6. The second-order valence-electron chi connectivity index (χ2n) is 11.5. The van der Waals surface area contributed by atoms with E-state index in [1.807, 2.05) is 13.0 Å². The van der Waals surface area contributed by atoms with Gasteiger partial charge in [-0.1, -0.05) is 96.5 Å². The number of hydrogen-bond donors (Lipinski definition) is 0. The number of ether oxygens (including phenoxy) is 1. The van der Waals surface area contributed by atoms with Gasteiger partial charge in [-0.05, 0) is 64.0 Å². The normalized spacial score (nSPS) is 12.1. The zero-order valence-corrected chi connectivity index (χ0v) is 25.9. The molecule has 0 atom stereocenters. The van der Waals surface area contributed by atoms with E-state index < -0.39 is 16.6 Å². The van der Waals surface area contributed by atoms with Crippen LogP contribution in [-0.4, -0.2) is 29.2 Å². The van der Waals surface area contributed by atoms with E-state index >= 15 is 0 Å². The highest BCUT2D eigenvalue weighted by molar-refractivity contribution is 6.84. The molecular formula is C29H60O3Si2. The molecule has 202 valence electrons. The second-order valence-corrected chi connectivity index (χ2v) is 20.3. The summed E-state index contributed by atoms with van der Waals surface area (Å²) in [6, 6.07) is 2.65. The van der Waals surface area contributed by atoms with E-state index in [-0.39, 0.29) is 5.97 Å². The van der Waals surface area contributed by atoms with E-state index in [0.29, 0.717) is 13.0 Å². The summed E-state index contributed by atoms with van der Waals surface area (Å²) in [5.41, 5.74) is 0. The maximum absolute atomic E-state index is 11.3. The molecule has 0 radical (unpaired) electrons. The Balaban J connectivity index is 3.63. The first-order chi connectivity index (χ1) is 16.2. The molecule has 0 saturated carbocycles. The van der Waals surface area contributed by atoms with Crippen LogP contribution in [0.4, 0.5) is 0 Å². The van der Waals surface area contributed by atoms with Crippen LogP contribution >= 0.6 is 0 Å². The molecular weight excluding hydrogens is 452 g/mol. The highest BCUT2D eigenvalue weighted by atomic mass is 28.4. The largest absolute Gasteiger partial charge is 0.466 e. The molecule has 0 N–H and O–H groups in total. The molecule has 0 aliphatic heterocycles. The lowest BCUT2D eigenvalue weighted by atomic mass is 10.1. The van der Waals surface area contributed by atoms with E-state index in [0.717, 1.165) is 12.8 Å². The molecule has 0 aliphatic carbocycles. The summed E-state index contributed by atoms with van der Waals surface area (Å²) in [4.78, 5) is 11.3. The fourth-order valence-electron chi connectivity index (χ4n) is 4.75. The van der Waals surface area contributed by atoms with E-state index in [9.17, 15) is 4.79 Å². The van der Waals surface area contributed by atoms with Crippen molar-refractivity contribution in [3.63, 3.8) is 0 Å². The maximum Gasteiger partial charge on any atom is 0.305 e. The van der Waals surface area contributed by atoms with Crippen molar-refractivity contribution in [2.75, 3.05) is 6.61 Å². The van der Waals surface area contributed by atoms with Crippen LogP contribution in [-0.2, 0) is 13.6 Å². The predicted octanol–water partition coefficient (Wildman–Crippen LogP) is 10.2. The van der Waals surface area contributed by atoms with Crippen LogP contribution in [0.3, 0.4) is 0 Å².